The fourth-order valence-electron chi connectivity index (χ4n) is 4.68. The van der Waals surface area contributed by atoms with E-state index in [1.807, 2.05) is 66.7 Å². The summed E-state index contributed by atoms with van der Waals surface area (Å²) in [6, 6.07) is 24.6. The van der Waals surface area contributed by atoms with Crippen molar-refractivity contribution in [2.45, 2.75) is 18.4 Å². The molecule has 1 aromatic heterocycles. The van der Waals surface area contributed by atoms with Crippen LogP contribution in [0.4, 0.5) is 4.79 Å². The molecule has 0 saturated carbocycles. The summed E-state index contributed by atoms with van der Waals surface area (Å²) in [6.07, 6.45) is 1.19. The molecule has 3 aromatic carbocycles. The standard InChI is InChI=1S/C28H24N2O4/c1-30(26(27(31)32)16-18-12-13-19-7-6-14-29-25(19)15-18)28(33)34-17-24-22-10-4-2-8-20(22)21-9-3-5-11-23(21)24/h2-15,24,26H,16-17H2,1H3,(H,31,32). The Kier molecular flexibility index (Phi) is 5.72. The van der Waals surface area contributed by atoms with Gasteiger partial charge in [-0.3, -0.25) is 9.88 Å². The van der Waals surface area contributed by atoms with E-state index in [2.05, 4.69) is 17.1 Å². The average molecular weight is 453 g/mol. The van der Waals surface area contributed by atoms with Gasteiger partial charge in [-0.25, -0.2) is 9.59 Å². The first-order valence-electron chi connectivity index (χ1n) is 11.2. The summed E-state index contributed by atoms with van der Waals surface area (Å²) < 4.78 is 5.65. The van der Waals surface area contributed by atoms with Crippen molar-refractivity contribution in [1.29, 1.82) is 0 Å². The molecule has 6 heteroatoms. The first-order valence-corrected chi connectivity index (χ1v) is 11.2. The van der Waals surface area contributed by atoms with E-state index in [1.54, 1.807) is 6.20 Å². The van der Waals surface area contributed by atoms with Gasteiger partial charge in [-0.1, -0.05) is 66.7 Å². The topological polar surface area (TPSA) is 79.7 Å². The Labute approximate surface area is 197 Å². The minimum atomic E-state index is -1.09. The third kappa shape index (κ3) is 3.99. The van der Waals surface area contributed by atoms with Crippen molar-refractivity contribution >= 4 is 23.0 Å². The SMILES string of the molecule is CN(C(=O)OCC1c2ccccc2-c2ccccc21)C(Cc1ccc2cccnc2c1)C(=O)O. The van der Waals surface area contributed by atoms with Crippen molar-refractivity contribution in [2.75, 3.05) is 13.7 Å². The van der Waals surface area contributed by atoms with E-state index in [0.717, 1.165) is 43.6 Å². The number of hydrogen-bond donors (Lipinski definition) is 1. The van der Waals surface area contributed by atoms with Crippen LogP contribution in [0.2, 0.25) is 0 Å². The molecule has 0 spiro atoms. The van der Waals surface area contributed by atoms with Crippen molar-refractivity contribution in [1.82, 2.24) is 9.88 Å². The monoisotopic (exact) mass is 452 g/mol. The molecule has 0 bridgehead atoms. The zero-order chi connectivity index (χ0) is 23.7. The fraction of sp³-hybridized carbons (Fsp3) is 0.179. The van der Waals surface area contributed by atoms with Gasteiger partial charge in [0.1, 0.15) is 12.6 Å². The lowest BCUT2D eigenvalue weighted by Crippen LogP contribution is -2.44. The Morgan fingerprint density at radius 3 is 2.32 bits per heavy atom. The molecule has 1 amide bonds. The van der Waals surface area contributed by atoms with Crippen LogP contribution in [-0.4, -0.2) is 46.7 Å². The Bertz CT molecular complexity index is 1340. The smallest absolute Gasteiger partial charge is 0.410 e. The van der Waals surface area contributed by atoms with Crippen molar-refractivity contribution in [2.24, 2.45) is 0 Å². The number of amides is 1. The van der Waals surface area contributed by atoms with Gasteiger partial charge in [0, 0.05) is 31.0 Å². The lowest BCUT2D eigenvalue weighted by molar-refractivity contribution is -0.142. The number of likely N-dealkylation sites (N-methyl/N-ethyl adjacent to an activating group) is 1. The third-order valence-corrected chi connectivity index (χ3v) is 6.48. The summed E-state index contributed by atoms with van der Waals surface area (Å²) >= 11 is 0. The molecule has 0 radical (unpaired) electrons. The average Bonchev–Trinajstić information content (AvgIpc) is 3.19. The summed E-state index contributed by atoms with van der Waals surface area (Å²) in [6.45, 7) is 0.142. The van der Waals surface area contributed by atoms with Gasteiger partial charge in [-0.15, -0.1) is 0 Å². The van der Waals surface area contributed by atoms with Crippen LogP contribution < -0.4 is 0 Å². The van der Waals surface area contributed by atoms with Crippen molar-refractivity contribution in [3.05, 3.63) is 102 Å². The Hall–Kier alpha value is -4.19. The zero-order valence-corrected chi connectivity index (χ0v) is 18.7. The van der Waals surface area contributed by atoms with E-state index < -0.39 is 18.1 Å². The minimum Gasteiger partial charge on any atom is -0.480 e. The van der Waals surface area contributed by atoms with E-state index in [-0.39, 0.29) is 18.9 Å². The predicted octanol–water partition coefficient (Wildman–Crippen LogP) is 5.11. The molecule has 0 aliphatic heterocycles. The first kappa shape index (κ1) is 21.6. The maximum atomic E-state index is 12.9. The summed E-state index contributed by atoms with van der Waals surface area (Å²) in [7, 11) is 1.47. The highest BCUT2D eigenvalue weighted by Gasteiger charge is 2.32. The normalized spacial score (nSPS) is 13.2. The molecular weight excluding hydrogens is 428 g/mol. The number of fused-ring (bicyclic) bond motifs is 4. The molecule has 1 aliphatic carbocycles. The van der Waals surface area contributed by atoms with Gasteiger partial charge in [0.15, 0.2) is 0 Å². The van der Waals surface area contributed by atoms with E-state index in [9.17, 15) is 14.7 Å². The summed E-state index contributed by atoms with van der Waals surface area (Å²) in [5.74, 6) is -1.17. The highest BCUT2D eigenvalue weighted by Crippen LogP contribution is 2.44. The third-order valence-electron chi connectivity index (χ3n) is 6.48. The maximum absolute atomic E-state index is 12.9. The van der Waals surface area contributed by atoms with Crippen LogP contribution in [0, 0.1) is 0 Å². The number of rotatable bonds is 6. The van der Waals surface area contributed by atoms with Crippen LogP contribution in [0.15, 0.2) is 85.1 Å². The number of carbonyl (C=O) groups is 2. The summed E-state index contributed by atoms with van der Waals surface area (Å²) in [5, 5.41) is 10.8. The number of nitrogens with zero attached hydrogens (tertiary/aromatic N) is 2. The summed E-state index contributed by atoms with van der Waals surface area (Å²) in [4.78, 5) is 30.4. The van der Waals surface area contributed by atoms with Crippen LogP contribution in [-0.2, 0) is 16.0 Å². The highest BCUT2D eigenvalue weighted by molar-refractivity contribution is 5.82. The predicted molar refractivity (Wildman–Crippen MR) is 130 cm³/mol. The number of pyridine rings is 1. The van der Waals surface area contributed by atoms with Crippen LogP contribution in [0.5, 0.6) is 0 Å². The molecule has 0 saturated heterocycles. The number of benzene rings is 3. The van der Waals surface area contributed by atoms with Gasteiger partial charge < -0.3 is 9.84 Å². The van der Waals surface area contributed by atoms with Gasteiger partial charge in [0.25, 0.3) is 0 Å². The van der Waals surface area contributed by atoms with Gasteiger partial charge in [0.2, 0.25) is 0 Å². The Morgan fingerprint density at radius 1 is 0.971 bits per heavy atom. The van der Waals surface area contributed by atoms with Crippen molar-refractivity contribution in [3.8, 4) is 11.1 Å². The number of aliphatic carboxylic acids is 1. The molecule has 5 rings (SSSR count). The van der Waals surface area contributed by atoms with Crippen LogP contribution in [0.25, 0.3) is 22.0 Å². The lowest BCUT2D eigenvalue weighted by Gasteiger charge is -2.25. The molecule has 34 heavy (non-hydrogen) atoms. The molecule has 6 nitrogen and oxygen atoms in total. The van der Waals surface area contributed by atoms with Crippen LogP contribution in [0.1, 0.15) is 22.6 Å². The quantitative estimate of drug-likeness (QED) is 0.440. The number of aromatic nitrogens is 1. The van der Waals surface area contributed by atoms with E-state index >= 15 is 0 Å². The summed E-state index contributed by atoms with van der Waals surface area (Å²) in [5.41, 5.74) is 6.07. The zero-order valence-electron chi connectivity index (χ0n) is 18.7. The Balaban J connectivity index is 1.31. The van der Waals surface area contributed by atoms with E-state index in [0.29, 0.717) is 0 Å². The number of carbonyl (C=O) groups excluding carboxylic acids is 1. The number of carboxylic acid groups (broad SMARTS) is 1. The molecule has 0 fully saturated rings. The Morgan fingerprint density at radius 2 is 1.65 bits per heavy atom. The van der Waals surface area contributed by atoms with Gasteiger partial charge in [-0.05, 0) is 39.9 Å². The van der Waals surface area contributed by atoms with Crippen molar-refractivity contribution in [3.63, 3.8) is 0 Å². The molecule has 1 aliphatic rings. The lowest BCUT2D eigenvalue weighted by atomic mass is 9.98. The van der Waals surface area contributed by atoms with Gasteiger partial charge in [0.05, 0.1) is 5.52 Å². The number of hydrogen-bond acceptors (Lipinski definition) is 4. The second kappa shape index (κ2) is 8.98. The van der Waals surface area contributed by atoms with Crippen LogP contribution >= 0.6 is 0 Å². The van der Waals surface area contributed by atoms with Crippen LogP contribution in [0.3, 0.4) is 0 Å². The molecule has 1 heterocycles. The molecule has 170 valence electrons. The van der Waals surface area contributed by atoms with E-state index in [1.165, 1.54) is 7.05 Å². The fourth-order valence-corrected chi connectivity index (χ4v) is 4.68. The minimum absolute atomic E-state index is 0.0837. The molecule has 1 atom stereocenters. The van der Waals surface area contributed by atoms with E-state index in [4.69, 9.17) is 4.74 Å². The highest BCUT2D eigenvalue weighted by atomic mass is 16.6. The number of carboxylic acids is 1. The number of ether oxygens (including phenoxy) is 1. The molecule has 4 aromatic rings. The first-order chi connectivity index (χ1) is 16.5. The van der Waals surface area contributed by atoms with Crippen molar-refractivity contribution < 1.29 is 19.4 Å². The second-order valence-corrected chi connectivity index (χ2v) is 8.50. The molecular formula is C28H24N2O4. The largest absolute Gasteiger partial charge is 0.480 e. The second-order valence-electron chi connectivity index (χ2n) is 8.50. The van der Waals surface area contributed by atoms with Gasteiger partial charge >= 0.3 is 12.1 Å². The molecule has 1 N–H and O–H groups in total. The van der Waals surface area contributed by atoms with Gasteiger partial charge in [-0.2, -0.15) is 0 Å². The maximum Gasteiger partial charge on any atom is 0.410 e. The molecule has 1 unspecified atom stereocenters.